The zero-order chi connectivity index (χ0) is 20.4. The van der Waals surface area contributed by atoms with E-state index in [0.717, 1.165) is 28.9 Å². The SMILES string of the molecule is Cc1sc(NC(=O)c2cccs2)c([C@@H](c2cccnc2)N2CCC(C)CC2)c1C. The molecule has 4 heterocycles. The molecular formula is C23H27N3OS2. The van der Waals surface area contributed by atoms with Gasteiger partial charge in [0.05, 0.1) is 10.9 Å². The Morgan fingerprint density at radius 3 is 2.69 bits per heavy atom. The Balaban J connectivity index is 1.75. The van der Waals surface area contributed by atoms with Gasteiger partial charge in [-0.3, -0.25) is 14.7 Å². The Morgan fingerprint density at radius 1 is 1.24 bits per heavy atom. The Morgan fingerprint density at radius 2 is 2.03 bits per heavy atom. The zero-order valence-corrected chi connectivity index (χ0v) is 18.8. The van der Waals surface area contributed by atoms with E-state index in [4.69, 9.17) is 0 Å². The Bertz CT molecular complexity index is 958. The fraction of sp³-hybridized carbons (Fsp3) is 0.391. The zero-order valence-electron chi connectivity index (χ0n) is 17.1. The summed E-state index contributed by atoms with van der Waals surface area (Å²) in [4.78, 5) is 21.8. The van der Waals surface area contributed by atoms with Crippen molar-refractivity contribution in [2.75, 3.05) is 18.4 Å². The van der Waals surface area contributed by atoms with Crippen LogP contribution < -0.4 is 5.32 Å². The lowest BCUT2D eigenvalue weighted by molar-refractivity contribution is 0.103. The van der Waals surface area contributed by atoms with Gasteiger partial charge in [-0.05, 0) is 74.3 Å². The molecule has 0 radical (unpaired) electrons. The Labute approximate surface area is 180 Å². The fourth-order valence-corrected chi connectivity index (χ4v) is 5.73. The minimum absolute atomic E-state index is 0.0281. The molecule has 3 aromatic rings. The summed E-state index contributed by atoms with van der Waals surface area (Å²) in [7, 11) is 0. The predicted octanol–water partition coefficient (Wildman–Crippen LogP) is 5.90. The first kappa shape index (κ1) is 20.3. The average molecular weight is 426 g/mol. The summed E-state index contributed by atoms with van der Waals surface area (Å²) >= 11 is 3.15. The highest BCUT2D eigenvalue weighted by Crippen LogP contribution is 2.43. The van der Waals surface area contributed by atoms with Gasteiger partial charge < -0.3 is 5.32 Å². The number of nitrogens with zero attached hydrogens (tertiary/aromatic N) is 2. The van der Waals surface area contributed by atoms with Crippen molar-refractivity contribution >= 4 is 33.6 Å². The van der Waals surface area contributed by atoms with Crippen LogP contribution in [0.5, 0.6) is 0 Å². The summed E-state index contributed by atoms with van der Waals surface area (Å²) in [6.07, 6.45) is 6.20. The van der Waals surface area contributed by atoms with Crippen LogP contribution in [0.4, 0.5) is 5.00 Å². The third-order valence-electron chi connectivity index (χ3n) is 5.86. The number of hydrogen-bond donors (Lipinski definition) is 1. The van der Waals surface area contributed by atoms with Gasteiger partial charge >= 0.3 is 0 Å². The molecule has 6 heteroatoms. The number of aryl methyl sites for hydroxylation is 1. The second kappa shape index (κ2) is 8.78. The number of anilines is 1. The first-order valence-corrected chi connectivity index (χ1v) is 11.8. The van der Waals surface area contributed by atoms with Gasteiger partial charge in [0, 0.05) is 22.8 Å². The summed E-state index contributed by atoms with van der Waals surface area (Å²) < 4.78 is 0. The number of likely N-dealkylation sites (tertiary alicyclic amines) is 1. The van der Waals surface area contributed by atoms with Gasteiger partial charge in [-0.25, -0.2) is 0 Å². The predicted molar refractivity (Wildman–Crippen MR) is 122 cm³/mol. The number of carbonyl (C=O) groups excluding carboxylic acids is 1. The highest BCUT2D eigenvalue weighted by Gasteiger charge is 2.31. The molecule has 29 heavy (non-hydrogen) atoms. The highest BCUT2D eigenvalue weighted by molar-refractivity contribution is 7.17. The van der Waals surface area contributed by atoms with E-state index in [9.17, 15) is 4.79 Å². The summed E-state index contributed by atoms with van der Waals surface area (Å²) in [5, 5.41) is 6.12. The van der Waals surface area contributed by atoms with Crippen LogP contribution in [-0.2, 0) is 0 Å². The van der Waals surface area contributed by atoms with Crippen molar-refractivity contribution in [3.05, 3.63) is 68.5 Å². The minimum Gasteiger partial charge on any atom is -0.313 e. The van der Waals surface area contributed by atoms with Crippen LogP contribution in [0.2, 0.25) is 0 Å². The molecule has 152 valence electrons. The maximum atomic E-state index is 12.8. The van der Waals surface area contributed by atoms with E-state index in [1.54, 1.807) is 11.3 Å². The van der Waals surface area contributed by atoms with Crippen molar-refractivity contribution in [3.63, 3.8) is 0 Å². The lowest BCUT2D eigenvalue weighted by Crippen LogP contribution is -2.37. The molecule has 3 aromatic heterocycles. The number of amides is 1. The van der Waals surface area contributed by atoms with Crippen molar-refractivity contribution < 1.29 is 4.79 Å². The quantitative estimate of drug-likeness (QED) is 0.554. The third-order valence-corrected chi connectivity index (χ3v) is 7.87. The summed E-state index contributed by atoms with van der Waals surface area (Å²) in [5.74, 6) is 0.740. The Kier molecular flexibility index (Phi) is 6.13. The van der Waals surface area contributed by atoms with Crippen molar-refractivity contribution in [3.8, 4) is 0 Å². The molecule has 1 N–H and O–H groups in total. The van der Waals surface area contributed by atoms with Gasteiger partial charge in [-0.2, -0.15) is 0 Å². The van der Waals surface area contributed by atoms with E-state index in [1.807, 2.05) is 36.0 Å². The fourth-order valence-electron chi connectivity index (χ4n) is 4.02. The van der Waals surface area contributed by atoms with Crippen LogP contribution in [0, 0.1) is 19.8 Å². The molecule has 0 bridgehead atoms. The van der Waals surface area contributed by atoms with E-state index in [2.05, 4.69) is 42.0 Å². The molecule has 0 aromatic carbocycles. The molecule has 0 spiro atoms. The van der Waals surface area contributed by atoms with Gasteiger partial charge in [0.1, 0.15) is 5.00 Å². The molecular weight excluding hydrogens is 398 g/mol. The van der Waals surface area contributed by atoms with Crippen LogP contribution in [0.1, 0.15) is 57.0 Å². The van der Waals surface area contributed by atoms with Gasteiger partial charge in [-0.1, -0.05) is 19.1 Å². The first-order valence-electron chi connectivity index (χ1n) is 10.1. The molecule has 1 saturated heterocycles. The van der Waals surface area contributed by atoms with Gasteiger partial charge in [0.15, 0.2) is 0 Å². The molecule has 1 atom stereocenters. The number of hydrogen-bond acceptors (Lipinski definition) is 5. The largest absolute Gasteiger partial charge is 0.313 e. The molecule has 4 rings (SSSR count). The van der Waals surface area contributed by atoms with Crippen molar-refractivity contribution in [2.45, 2.75) is 39.7 Å². The number of aromatic nitrogens is 1. The van der Waals surface area contributed by atoms with E-state index in [-0.39, 0.29) is 11.9 Å². The van der Waals surface area contributed by atoms with Crippen LogP contribution in [0.3, 0.4) is 0 Å². The van der Waals surface area contributed by atoms with Crippen LogP contribution in [-0.4, -0.2) is 28.9 Å². The van der Waals surface area contributed by atoms with Crippen molar-refractivity contribution in [1.82, 2.24) is 9.88 Å². The molecule has 0 aliphatic carbocycles. The molecule has 1 aliphatic rings. The minimum atomic E-state index is -0.0281. The van der Waals surface area contributed by atoms with Gasteiger partial charge in [0.2, 0.25) is 0 Å². The summed E-state index contributed by atoms with van der Waals surface area (Å²) in [5.41, 5.74) is 3.68. The number of carbonyl (C=O) groups is 1. The molecule has 0 saturated carbocycles. The van der Waals surface area contributed by atoms with E-state index >= 15 is 0 Å². The third kappa shape index (κ3) is 4.29. The number of rotatable bonds is 5. The number of nitrogens with one attached hydrogen (secondary N) is 1. The first-order chi connectivity index (χ1) is 14.0. The second-order valence-corrected chi connectivity index (χ2v) is 10.0. The average Bonchev–Trinajstić information content (AvgIpc) is 3.35. The molecule has 1 aliphatic heterocycles. The molecule has 4 nitrogen and oxygen atoms in total. The number of piperidine rings is 1. The second-order valence-electron chi connectivity index (χ2n) is 7.86. The summed E-state index contributed by atoms with van der Waals surface area (Å²) in [6, 6.07) is 8.07. The maximum absolute atomic E-state index is 12.8. The topological polar surface area (TPSA) is 45.2 Å². The standard InChI is InChI=1S/C23H27N3OS2/c1-15-8-11-26(12-9-15)21(18-6-4-10-24-14-18)20-16(2)17(3)29-23(20)25-22(27)19-7-5-13-28-19/h4-7,10,13-15,21H,8-9,11-12H2,1-3H3,(H,25,27)/t21-/m1/s1. The lowest BCUT2D eigenvalue weighted by Gasteiger charge is -2.37. The molecule has 1 amide bonds. The maximum Gasteiger partial charge on any atom is 0.266 e. The Hall–Kier alpha value is -2.02. The van der Waals surface area contributed by atoms with E-state index in [1.165, 1.54) is 45.7 Å². The summed E-state index contributed by atoms with van der Waals surface area (Å²) in [6.45, 7) is 8.78. The van der Waals surface area contributed by atoms with E-state index in [0.29, 0.717) is 0 Å². The monoisotopic (exact) mass is 425 g/mol. The smallest absolute Gasteiger partial charge is 0.266 e. The highest BCUT2D eigenvalue weighted by atomic mass is 32.1. The molecule has 0 unspecified atom stereocenters. The number of thiophene rings is 2. The van der Waals surface area contributed by atoms with Gasteiger partial charge in [-0.15, -0.1) is 22.7 Å². The van der Waals surface area contributed by atoms with Crippen molar-refractivity contribution in [1.29, 1.82) is 0 Å². The molecule has 1 fully saturated rings. The van der Waals surface area contributed by atoms with Crippen LogP contribution in [0.15, 0.2) is 42.0 Å². The number of pyridine rings is 1. The van der Waals surface area contributed by atoms with Gasteiger partial charge in [0.25, 0.3) is 5.91 Å². The lowest BCUT2D eigenvalue weighted by atomic mass is 9.91. The van der Waals surface area contributed by atoms with Crippen molar-refractivity contribution in [2.24, 2.45) is 5.92 Å². The van der Waals surface area contributed by atoms with Crippen LogP contribution in [0.25, 0.3) is 0 Å². The van der Waals surface area contributed by atoms with Crippen LogP contribution >= 0.6 is 22.7 Å². The normalized spacial score (nSPS) is 16.7. The van der Waals surface area contributed by atoms with E-state index < -0.39 is 0 Å².